The second-order valence-electron chi connectivity index (χ2n) is 2.00. The summed E-state index contributed by atoms with van der Waals surface area (Å²) in [5, 5.41) is 0. The number of hydrogen-bond donors (Lipinski definition) is 2. The fourth-order valence-electron chi connectivity index (χ4n) is 0.562. The second kappa shape index (κ2) is 5.61. The SMILES string of the molecule is CCCCC(F)N[SH](=O)=O. The summed E-state index contributed by atoms with van der Waals surface area (Å²) in [5.74, 6) is 0. The second-order valence-corrected chi connectivity index (χ2v) is 2.77. The van der Waals surface area contributed by atoms with Gasteiger partial charge in [-0.1, -0.05) is 13.3 Å². The number of rotatable bonds is 5. The lowest BCUT2D eigenvalue weighted by Gasteiger charge is -2.02. The van der Waals surface area contributed by atoms with E-state index in [1.807, 2.05) is 6.92 Å². The van der Waals surface area contributed by atoms with Gasteiger partial charge in [0.2, 0.25) is 10.9 Å². The van der Waals surface area contributed by atoms with Crippen LogP contribution < -0.4 is 4.72 Å². The minimum Gasteiger partial charge on any atom is -0.229 e. The number of alkyl halides is 1. The molecule has 0 aromatic rings. The highest BCUT2D eigenvalue weighted by Crippen LogP contribution is 2.00. The highest BCUT2D eigenvalue weighted by molar-refractivity contribution is 7.70. The zero-order chi connectivity index (χ0) is 7.98. The van der Waals surface area contributed by atoms with Crippen LogP contribution >= 0.6 is 0 Å². The fourth-order valence-corrected chi connectivity index (χ4v) is 0.920. The number of hydrogen-bond acceptors (Lipinski definition) is 2. The van der Waals surface area contributed by atoms with Crippen molar-refractivity contribution in [2.45, 2.75) is 32.5 Å². The lowest BCUT2D eigenvalue weighted by Crippen LogP contribution is -2.22. The van der Waals surface area contributed by atoms with Gasteiger partial charge in [0.15, 0.2) is 6.30 Å². The van der Waals surface area contributed by atoms with Gasteiger partial charge in [0, 0.05) is 0 Å². The van der Waals surface area contributed by atoms with Crippen LogP contribution in [0, 0.1) is 0 Å². The van der Waals surface area contributed by atoms with Gasteiger partial charge >= 0.3 is 0 Å². The maximum atomic E-state index is 12.3. The van der Waals surface area contributed by atoms with Crippen LogP contribution in [-0.2, 0) is 10.9 Å². The van der Waals surface area contributed by atoms with Crippen LogP contribution in [0.3, 0.4) is 0 Å². The average Bonchev–Trinajstić information content (AvgIpc) is 1.82. The van der Waals surface area contributed by atoms with E-state index in [-0.39, 0.29) is 6.42 Å². The average molecular weight is 169 g/mol. The van der Waals surface area contributed by atoms with Crippen LogP contribution in [0.25, 0.3) is 0 Å². The molecule has 0 amide bonds. The molecular weight excluding hydrogens is 157 g/mol. The zero-order valence-corrected chi connectivity index (χ0v) is 6.73. The van der Waals surface area contributed by atoms with Crippen molar-refractivity contribution in [2.24, 2.45) is 0 Å². The van der Waals surface area contributed by atoms with E-state index in [2.05, 4.69) is 0 Å². The maximum Gasteiger partial charge on any atom is 0.203 e. The van der Waals surface area contributed by atoms with Crippen LogP contribution in [0.4, 0.5) is 4.39 Å². The molecule has 0 fully saturated rings. The van der Waals surface area contributed by atoms with Crippen molar-refractivity contribution in [1.29, 1.82) is 0 Å². The third kappa shape index (κ3) is 5.97. The Morgan fingerprint density at radius 1 is 1.60 bits per heavy atom. The Morgan fingerprint density at radius 3 is 2.60 bits per heavy atom. The van der Waals surface area contributed by atoms with Crippen molar-refractivity contribution < 1.29 is 12.8 Å². The Bertz CT molecular complexity index is 141. The summed E-state index contributed by atoms with van der Waals surface area (Å²) in [6.45, 7) is 1.92. The molecule has 0 aliphatic heterocycles. The van der Waals surface area contributed by atoms with E-state index in [9.17, 15) is 12.8 Å². The molecule has 1 atom stereocenters. The van der Waals surface area contributed by atoms with Crippen molar-refractivity contribution in [3.63, 3.8) is 0 Å². The Hall–Kier alpha value is -0.160. The van der Waals surface area contributed by atoms with Crippen molar-refractivity contribution in [2.75, 3.05) is 0 Å². The number of thiol groups is 1. The first-order valence-corrected chi connectivity index (χ1v) is 4.39. The predicted molar refractivity (Wildman–Crippen MR) is 37.9 cm³/mol. The van der Waals surface area contributed by atoms with Crippen LogP contribution in [0.5, 0.6) is 0 Å². The van der Waals surface area contributed by atoms with E-state index in [0.29, 0.717) is 6.42 Å². The molecule has 62 valence electrons. The van der Waals surface area contributed by atoms with E-state index in [1.165, 1.54) is 0 Å². The molecule has 0 saturated heterocycles. The Kier molecular flexibility index (Phi) is 5.52. The summed E-state index contributed by atoms with van der Waals surface area (Å²) < 4.78 is 33.8. The van der Waals surface area contributed by atoms with Crippen LogP contribution in [0.15, 0.2) is 0 Å². The highest BCUT2D eigenvalue weighted by atomic mass is 32.2. The first-order chi connectivity index (χ1) is 4.66. The minimum absolute atomic E-state index is 0.264. The topological polar surface area (TPSA) is 46.2 Å². The van der Waals surface area contributed by atoms with Crippen LogP contribution in [0.1, 0.15) is 26.2 Å². The predicted octanol–water partition coefficient (Wildman–Crippen LogP) is 0.588. The first-order valence-electron chi connectivity index (χ1n) is 3.21. The molecular formula is C5H12FNO2S. The number of nitrogens with one attached hydrogen (secondary N) is 1. The Labute approximate surface area is 61.7 Å². The quantitative estimate of drug-likeness (QED) is 0.467. The third-order valence-corrected chi connectivity index (χ3v) is 1.55. The molecule has 1 N–H and O–H groups in total. The van der Waals surface area contributed by atoms with Gasteiger partial charge in [0.05, 0.1) is 0 Å². The molecule has 0 aliphatic carbocycles. The van der Waals surface area contributed by atoms with Gasteiger partial charge in [-0.3, -0.25) is 0 Å². The van der Waals surface area contributed by atoms with E-state index < -0.39 is 17.2 Å². The first kappa shape index (κ1) is 9.84. The normalized spacial score (nSPS) is 13.9. The highest BCUT2D eigenvalue weighted by Gasteiger charge is 2.03. The molecule has 3 nitrogen and oxygen atoms in total. The van der Waals surface area contributed by atoms with Crippen molar-refractivity contribution in [3.8, 4) is 0 Å². The number of halogens is 1. The molecule has 1 unspecified atom stereocenters. The van der Waals surface area contributed by atoms with E-state index in [1.54, 1.807) is 4.72 Å². The summed E-state index contributed by atoms with van der Waals surface area (Å²) in [6.07, 6.45) is 0.440. The number of unbranched alkanes of at least 4 members (excludes halogenated alkanes) is 1. The van der Waals surface area contributed by atoms with Crippen LogP contribution in [0.2, 0.25) is 0 Å². The van der Waals surface area contributed by atoms with Gasteiger partial charge in [-0.2, -0.15) is 4.72 Å². The minimum atomic E-state index is -2.78. The van der Waals surface area contributed by atoms with Crippen LogP contribution in [-0.4, -0.2) is 14.7 Å². The smallest absolute Gasteiger partial charge is 0.203 e. The summed E-state index contributed by atoms with van der Waals surface area (Å²) in [4.78, 5) is 0. The maximum absolute atomic E-state index is 12.3. The van der Waals surface area contributed by atoms with Crippen molar-refractivity contribution in [1.82, 2.24) is 4.72 Å². The molecule has 0 aliphatic rings. The van der Waals surface area contributed by atoms with Gasteiger partial charge in [-0.25, -0.2) is 12.8 Å². The Morgan fingerprint density at radius 2 is 2.20 bits per heavy atom. The summed E-state index contributed by atoms with van der Waals surface area (Å²) in [7, 11) is -2.78. The molecule has 0 heterocycles. The molecule has 0 saturated carbocycles. The van der Waals surface area contributed by atoms with Gasteiger partial charge in [0.1, 0.15) is 0 Å². The third-order valence-electron chi connectivity index (χ3n) is 1.06. The largest absolute Gasteiger partial charge is 0.229 e. The van der Waals surface area contributed by atoms with Gasteiger partial charge in [-0.05, 0) is 12.8 Å². The van der Waals surface area contributed by atoms with Gasteiger partial charge in [0.25, 0.3) is 0 Å². The van der Waals surface area contributed by atoms with Gasteiger partial charge in [-0.15, -0.1) is 0 Å². The van der Waals surface area contributed by atoms with E-state index >= 15 is 0 Å². The molecule has 5 heteroatoms. The molecule has 10 heavy (non-hydrogen) atoms. The summed E-state index contributed by atoms with van der Waals surface area (Å²) >= 11 is 0. The summed E-state index contributed by atoms with van der Waals surface area (Å²) in [6, 6.07) is 0. The Balaban J connectivity index is 3.33. The molecule has 0 aromatic carbocycles. The molecule has 0 rings (SSSR count). The summed E-state index contributed by atoms with van der Waals surface area (Å²) in [5.41, 5.74) is 0. The van der Waals surface area contributed by atoms with Crippen molar-refractivity contribution in [3.05, 3.63) is 0 Å². The fraction of sp³-hybridized carbons (Fsp3) is 1.00. The van der Waals surface area contributed by atoms with E-state index in [0.717, 1.165) is 6.42 Å². The zero-order valence-electron chi connectivity index (χ0n) is 5.84. The molecule has 0 aromatic heterocycles. The lowest BCUT2D eigenvalue weighted by atomic mass is 10.2. The monoisotopic (exact) mass is 169 g/mol. The lowest BCUT2D eigenvalue weighted by molar-refractivity contribution is 0.292. The van der Waals surface area contributed by atoms with Gasteiger partial charge < -0.3 is 0 Å². The molecule has 0 bridgehead atoms. The van der Waals surface area contributed by atoms with E-state index in [4.69, 9.17) is 0 Å². The van der Waals surface area contributed by atoms with Crippen molar-refractivity contribution >= 4 is 10.9 Å². The molecule has 0 spiro atoms. The molecule has 0 radical (unpaired) electrons. The standard InChI is InChI=1S/C5H12FNO2S/c1-2-3-4-5(6)7-10(8)9/h5,10H,2-4H2,1H3,(H,7,8,9).